The Morgan fingerprint density at radius 1 is 1.50 bits per heavy atom. The van der Waals surface area contributed by atoms with Crippen LogP contribution in [-0.2, 0) is 0 Å². The summed E-state index contributed by atoms with van der Waals surface area (Å²) in [6, 6.07) is 0.606. The molecule has 1 fully saturated rings. The Labute approximate surface area is 79.4 Å². The predicted octanol–water partition coefficient (Wildman–Crippen LogP) is 1.58. The van der Waals surface area contributed by atoms with E-state index in [1.807, 2.05) is 6.08 Å². The number of rotatable bonds is 3. The minimum atomic E-state index is 0.606. The third kappa shape index (κ3) is 3.22. The van der Waals surface area contributed by atoms with Crippen LogP contribution in [-0.4, -0.2) is 17.7 Å². The second kappa shape index (κ2) is 5.14. The number of hydrogen-bond donors (Lipinski definition) is 2. The highest BCUT2D eigenvalue weighted by atomic mass is 32.1. The lowest BCUT2D eigenvalue weighted by atomic mass is 10.3. The molecule has 0 heterocycles. The van der Waals surface area contributed by atoms with Crippen LogP contribution in [0.3, 0.4) is 0 Å². The van der Waals surface area contributed by atoms with Gasteiger partial charge in [0.2, 0.25) is 0 Å². The minimum absolute atomic E-state index is 0.606. The van der Waals surface area contributed by atoms with Gasteiger partial charge in [0.1, 0.15) is 0 Å². The molecule has 0 atom stereocenters. The van der Waals surface area contributed by atoms with Crippen LogP contribution in [0.5, 0.6) is 0 Å². The second-order valence-corrected chi connectivity index (χ2v) is 3.53. The summed E-state index contributed by atoms with van der Waals surface area (Å²) < 4.78 is 0. The van der Waals surface area contributed by atoms with Crippen LogP contribution in [0, 0.1) is 0 Å². The summed E-state index contributed by atoms with van der Waals surface area (Å²) in [5.41, 5.74) is 0. The maximum absolute atomic E-state index is 5.09. The predicted molar refractivity (Wildman–Crippen MR) is 56.2 cm³/mol. The summed E-state index contributed by atoms with van der Waals surface area (Å²) in [6.45, 7) is 4.36. The molecule has 3 heteroatoms. The molecular formula is C9H16N2S. The SMILES string of the molecule is C=CCNC(=S)NC1CCCC1. The molecule has 0 amide bonds. The highest BCUT2D eigenvalue weighted by Gasteiger charge is 2.14. The van der Waals surface area contributed by atoms with Crippen molar-refractivity contribution in [3.05, 3.63) is 12.7 Å². The van der Waals surface area contributed by atoms with Crippen LogP contribution >= 0.6 is 12.2 Å². The van der Waals surface area contributed by atoms with E-state index in [0.29, 0.717) is 6.04 Å². The molecule has 1 rings (SSSR count). The zero-order valence-corrected chi connectivity index (χ0v) is 8.12. The van der Waals surface area contributed by atoms with Crippen molar-refractivity contribution in [2.24, 2.45) is 0 Å². The average Bonchev–Trinajstić information content (AvgIpc) is 2.53. The first-order valence-electron chi connectivity index (χ1n) is 4.48. The van der Waals surface area contributed by atoms with Crippen molar-refractivity contribution in [1.29, 1.82) is 0 Å². The summed E-state index contributed by atoms with van der Waals surface area (Å²) in [7, 11) is 0. The van der Waals surface area contributed by atoms with Gasteiger partial charge in [0, 0.05) is 12.6 Å². The molecule has 0 unspecified atom stereocenters. The summed E-state index contributed by atoms with van der Waals surface area (Å²) in [6.07, 6.45) is 7.00. The lowest BCUT2D eigenvalue weighted by molar-refractivity contribution is 0.624. The monoisotopic (exact) mass is 184 g/mol. The van der Waals surface area contributed by atoms with Gasteiger partial charge in [-0.1, -0.05) is 18.9 Å². The molecule has 1 aliphatic carbocycles. The fraction of sp³-hybridized carbons (Fsp3) is 0.667. The zero-order valence-electron chi connectivity index (χ0n) is 7.31. The van der Waals surface area contributed by atoms with Gasteiger partial charge in [0.25, 0.3) is 0 Å². The Kier molecular flexibility index (Phi) is 4.08. The first-order valence-corrected chi connectivity index (χ1v) is 4.89. The van der Waals surface area contributed by atoms with Crippen molar-refractivity contribution in [3.8, 4) is 0 Å². The van der Waals surface area contributed by atoms with Crippen molar-refractivity contribution in [2.75, 3.05) is 6.54 Å². The third-order valence-electron chi connectivity index (χ3n) is 2.10. The molecule has 2 N–H and O–H groups in total. The Bertz CT molecular complexity index is 162. The van der Waals surface area contributed by atoms with E-state index in [9.17, 15) is 0 Å². The highest BCUT2D eigenvalue weighted by Crippen LogP contribution is 2.17. The maximum Gasteiger partial charge on any atom is 0.166 e. The summed E-state index contributed by atoms with van der Waals surface area (Å²) in [4.78, 5) is 0. The molecule has 0 aliphatic heterocycles. The molecule has 0 saturated heterocycles. The van der Waals surface area contributed by atoms with E-state index in [1.165, 1.54) is 25.7 Å². The van der Waals surface area contributed by atoms with Crippen molar-refractivity contribution < 1.29 is 0 Å². The van der Waals surface area contributed by atoms with Gasteiger partial charge in [-0.15, -0.1) is 6.58 Å². The fourth-order valence-electron chi connectivity index (χ4n) is 1.47. The van der Waals surface area contributed by atoms with Gasteiger partial charge in [-0.25, -0.2) is 0 Å². The Balaban J connectivity index is 2.11. The summed E-state index contributed by atoms with van der Waals surface area (Å²) in [5, 5.41) is 7.11. The minimum Gasteiger partial charge on any atom is -0.360 e. The molecule has 68 valence electrons. The fourth-order valence-corrected chi connectivity index (χ4v) is 1.72. The topological polar surface area (TPSA) is 24.1 Å². The van der Waals surface area contributed by atoms with Gasteiger partial charge < -0.3 is 10.6 Å². The molecule has 0 bridgehead atoms. The molecule has 0 aromatic heterocycles. The number of nitrogens with one attached hydrogen (secondary N) is 2. The van der Waals surface area contributed by atoms with Gasteiger partial charge in [-0.05, 0) is 25.1 Å². The highest BCUT2D eigenvalue weighted by molar-refractivity contribution is 7.80. The molecule has 0 radical (unpaired) electrons. The lowest BCUT2D eigenvalue weighted by Gasteiger charge is -2.14. The normalized spacial score (nSPS) is 17.3. The summed E-state index contributed by atoms with van der Waals surface area (Å²) in [5.74, 6) is 0. The molecule has 0 aromatic carbocycles. The molecule has 0 aromatic rings. The first-order chi connectivity index (χ1) is 5.83. The largest absolute Gasteiger partial charge is 0.360 e. The first kappa shape index (κ1) is 9.52. The van der Waals surface area contributed by atoms with E-state index < -0.39 is 0 Å². The van der Waals surface area contributed by atoms with Crippen LogP contribution < -0.4 is 10.6 Å². The third-order valence-corrected chi connectivity index (χ3v) is 2.36. The molecular weight excluding hydrogens is 168 g/mol. The van der Waals surface area contributed by atoms with Crippen LogP contribution in [0.1, 0.15) is 25.7 Å². The van der Waals surface area contributed by atoms with Crippen molar-refractivity contribution in [3.63, 3.8) is 0 Å². The van der Waals surface area contributed by atoms with Gasteiger partial charge in [-0.2, -0.15) is 0 Å². The molecule has 2 nitrogen and oxygen atoms in total. The van der Waals surface area contributed by atoms with E-state index in [4.69, 9.17) is 12.2 Å². The quantitative estimate of drug-likeness (QED) is 0.514. The van der Waals surface area contributed by atoms with Gasteiger partial charge in [0.05, 0.1) is 0 Å². The van der Waals surface area contributed by atoms with Crippen molar-refractivity contribution in [1.82, 2.24) is 10.6 Å². The van der Waals surface area contributed by atoms with E-state index >= 15 is 0 Å². The van der Waals surface area contributed by atoms with E-state index in [1.54, 1.807) is 0 Å². The van der Waals surface area contributed by atoms with Crippen LogP contribution in [0.15, 0.2) is 12.7 Å². The number of hydrogen-bond acceptors (Lipinski definition) is 1. The Morgan fingerprint density at radius 2 is 2.17 bits per heavy atom. The smallest absolute Gasteiger partial charge is 0.166 e. The Morgan fingerprint density at radius 3 is 2.75 bits per heavy atom. The van der Waals surface area contributed by atoms with E-state index in [2.05, 4.69) is 17.2 Å². The summed E-state index contributed by atoms with van der Waals surface area (Å²) >= 11 is 5.09. The average molecular weight is 184 g/mol. The van der Waals surface area contributed by atoms with Crippen molar-refractivity contribution in [2.45, 2.75) is 31.7 Å². The second-order valence-electron chi connectivity index (χ2n) is 3.12. The lowest BCUT2D eigenvalue weighted by Crippen LogP contribution is -2.40. The zero-order chi connectivity index (χ0) is 8.81. The van der Waals surface area contributed by atoms with Crippen molar-refractivity contribution >= 4 is 17.3 Å². The van der Waals surface area contributed by atoms with Gasteiger partial charge >= 0.3 is 0 Å². The standard InChI is InChI=1S/C9H16N2S/c1-2-7-10-9(12)11-8-5-3-4-6-8/h2,8H,1,3-7H2,(H2,10,11,12). The molecule has 1 saturated carbocycles. The molecule has 1 aliphatic rings. The maximum atomic E-state index is 5.09. The van der Waals surface area contributed by atoms with Crippen LogP contribution in [0.2, 0.25) is 0 Å². The van der Waals surface area contributed by atoms with Crippen LogP contribution in [0.4, 0.5) is 0 Å². The number of thiocarbonyl (C=S) groups is 1. The van der Waals surface area contributed by atoms with Crippen LogP contribution in [0.25, 0.3) is 0 Å². The molecule has 12 heavy (non-hydrogen) atoms. The Hall–Kier alpha value is -0.570. The van der Waals surface area contributed by atoms with Gasteiger partial charge in [-0.3, -0.25) is 0 Å². The molecule has 0 spiro atoms. The van der Waals surface area contributed by atoms with Gasteiger partial charge in [0.15, 0.2) is 5.11 Å². The van der Waals surface area contributed by atoms with E-state index in [-0.39, 0.29) is 0 Å². The van der Waals surface area contributed by atoms with E-state index in [0.717, 1.165) is 11.7 Å².